The highest BCUT2D eigenvalue weighted by molar-refractivity contribution is 6.35. The number of ether oxygens (including phenoxy) is 2. The Kier molecular flexibility index (Phi) is 12.4. The van der Waals surface area contributed by atoms with Gasteiger partial charge in [-0.25, -0.2) is 9.59 Å². The van der Waals surface area contributed by atoms with Gasteiger partial charge in [-0.1, -0.05) is 0 Å². The third-order valence-corrected chi connectivity index (χ3v) is 7.52. The van der Waals surface area contributed by atoms with Crippen LogP contribution < -0.4 is 21.3 Å². The first-order chi connectivity index (χ1) is 20.2. The second-order valence-corrected chi connectivity index (χ2v) is 14.2. The van der Waals surface area contributed by atoms with E-state index < -0.39 is 59.4 Å². The first-order valence-electron chi connectivity index (χ1n) is 15.2. The van der Waals surface area contributed by atoms with Gasteiger partial charge >= 0.3 is 24.0 Å². The first-order valence-corrected chi connectivity index (χ1v) is 15.2. The van der Waals surface area contributed by atoms with Crippen LogP contribution in [0.2, 0.25) is 0 Å². The lowest BCUT2D eigenvalue weighted by atomic mass is 9.81. The highest BCUT2D eigenvalue weighted by Crippen LogP contribution is 2.28. The molecule has 250 valence electrons. The summed E-state index contributed by atoms with van der Waals surface area (Å²) in [7, 11) is 6.63. The van der Waals surface area contributed by atoms with Crippen LogP contribution >= 0.6 is 0 Å². The Morgan fingerprint density at radius 3 is 1.11 bits per heavy atom. The minimum atomic E-state index is -0.911. The van der Waals surface area contributed by atoms with E-state index in [1.165, 1.54) is 9.80 Å². The van der Waals surface area contributed by atoms with Crippen molar-refractivity contribution in [2.45, 2.75) is 115 Å². The van der Waals surface area contributed by atoms with Gasteiger partial charge in [0.1, 0.15) is 11.2 Å². The molecule has 2 aliphatic carbocycles. The van der Waals surface area contributed by atoms with Crippen molar-refractivity contribution in [2.75, 3.05) is 28.2 Å². The molecule has 0 aromatic rings. The van der Waals surface area contributed by atoms with Crippen LogP contribution in [0.15, 0.2) is 0 Å². The van der Waals surface area contributed by atoms with Gasteiger partial charge in [0, 0.05) is 52.1 Å². The fourth-order valence-corrected chi connectivity index (χ4v) is 5.57. The number of carbonyl (C=O) groups is 6. The molecule has 0 heterocycles. The number of carbonyl (C=O) groups excluding carboxylic acids is 6. The lowest BCUT2D eigenvalue weighted by Crippen LogP contribution is -2.61. The molecular formula is C30H52N6O8. The molecule has 1 unspecified atom stereocenters. The molecule has 44 heavy (non-hydrogen) atoms. The van der Waals surface area contributed by atoms with Crippen molar-refractivity contribution in [1.29, 1.82) is 0 Å². The van der Waals surface area contributed by atoms with Gasteiger partial charge in [-0.05, 0) is 80.1 Å². The van der Waals surface area contributed by atoms with E-state index in [0.717, 1.165) is 0 Å². The molecule has 14 nitrogen and oxygen atoms in total. The molecule has 2 aliphatic rings. The Hall–Kier alpha value is -3.58. The average molecular weight is 625 g/mol. The summed E-state index contributed by atoms with van der Waals surface area (Å²) < 4.78 is 10.8. The Bertz CT molecular complexity index is 996. The summed E-state index contributed by atoms with van der Waals surface area (Å²) in [5.41, 5.74) is -1.51. The summed E-state index contributed by atoms with van der Waals surface area (Å²) in [4.78, 5) is 79.8. The normalized spacial score (nSPS) is 25.5. The quantitative estimate of drug-likeness (QED) is 0.322. The summed E-state index contributed by atoms with van der Waals surface area (Å²) >= 11 is 0. The Labute approximate surface area is 260 Å². The van der Waals surface area contributed by atoms with Gasteiger partial charge in [0.2, 0.25) is 11.8 Å². The maximum Gasteiger partial charge on any atom is 0.407 e. The lowest BCUT2D eigenvalue weighted by Gasteiger charge is -2.38. The molecule has 6 atom stereocenters. The molecule has 0 radical (unpaired) electrons. The zero-order valence-corrected chi connectivity index (χ0v) is 27.9. The first kappa shape index (κ1) is 36.6. The summed E-state index contributed by atoms with van der Waals surface area (Å²) in [6.07, 6.45) is 0.759. The predicted molar refractivity (Wildman–Crippen MR) is 162 cm³/mol. The Morgan fingerprint density at radius 2 is 0.841 bits per heavy atom. The fraction of sp³-hybridized carbons (Fsp3) is 0.800. The van der Waals surface area contributed by atoms with Crippen LogP contribution in [0.3, 0.4) is 0 Å². The van der Waals surface area contributed by atoms with Crippen molar-refractivity contribution >= 4 is 35.8 Å². The third-order valence-electron chi connectivity index (χ3n) is 7.52. The number of nitrogens with zero attached hydrogens (tertiary/aromatic N) is 2. The molecule has 0 spiro atoms. The van der Waals surface area contributed by atoms with Gasteiger partial charge in [0.15, 0.2) is 0 Å². The SMILES string of the molecule is CN(C)C(=O)[C@H]1CC[C@H](NC(=O)C(=O)N[C@H]2CC[C@H](C(=O)N(C)C)C[C@H]2NC(=O)OC(C)(C)C)C(NC(=O)OC(C)(C)C)C1. The highest BCUT2D eigenvalue weighted by atomic mass is 16.6. The maximum absolute atomic E-state index is 13.1. The molecule has 0 bridgehead atoms. The number of hydrogen-bond donors (Lipinski definition) is 4. The highest BCUT2D eigenvalue weighted by Gasteiger charge is 2.40. The van der Waals surface area contributed by atoms with Crippen LogP contribution in [0.5, 0.6) is 0 Å². The molecule has 0 aromatic carbocycles. The number of hydrogen-bond acceptors (Lipinski definition) is 8. The van der Waals surface area contributed by atoms with Crippen LogP contribution in [-0.2, 0) is 28.7 Å². The Morgan fingerprint density at radius 1 is 0.523 bits per heavy atom. The van der Waals surface area contributed by atoms with E-state index in [1.54, 1.807) is 69.7 Å². The number of alkyl carbamates (subject to hydrolysis) is 2. The molecular weight excluding hydrogens is 572 g/mol. The monoisotopic (exact) mass is 624 g/mol. The van der Waals surface area contributed by atoms with Crippen molar-refractivity contribution in [3.05, 3.63) is 0 Å². The molecule has 2 fully saturated rings. The van der Waals surface area contributed by atoms with Crippen molar-refractivity contribution in [2.24, 2.45) is 11.8 Å². The molecule has 2 saturated carbocycles. The molecule has 6 amide bonds. The van der Waals surface area contributed by atoms with E-state index in [4.69, 9.17) is 9.47 Å². The van der Waals surface area contributed by atoms with Crippen molar-refractivity contribution in [3.8, 4) is 0 Å². The largest absolute Gasteiger partial charge is 0.444 e. The molecule has 4 N–H and O–H groups in total. The van der Waals surface area contributed by atoms with Gasteiger partial charge in [-0.3, -0.25) is 19.2 Å². The predicted octanol–water partition coefficient (Wildman–Crippen LogP) is 1.52. The Balaban J connectivity index is 2.15. The second-order valence-electron chi connectivity index (χ2n) is 14.2. The molecule has 14 heteroatoms. The van der Waals surface area contributed by atoms with Crippen LogP contribution in [0, 0.1) is 11.8 Å². The minimum Gasteiger partial charge on any atom is -0.444 e. The lowest BCUT2D eigenvalue weighted by molar-refractivity contribution is -0.141. The number of rotatable bonds is 6. The van der Waals surface area contributed by atoms with Crippen molar-refractivity contribution in [1.82, 2.24) is 31.1 Å². The average Bonchev–Trinajstić information content (AvgIpc) is 2.87. The van der Waals surface area contributed by atoms with E-state index in [2.05, 4.69) is 21.3 Å². The topological polar surface area (TPSA) is 175 Å². The summed E-state index contributed by atoms with van der Waals surface area (Å²) in [6, 6.07) is -2.57. The number of amides is 6. The summed E-state index contributed by atoms with van der Waals surface area (Å²) in [5.74, 6) is -2.74. The van der Waals surface area contributed by atoms with Gasteiger partial charge in [-0.15, -0.1) is 0 Å². The summed E-state index contributed by atoms with van der Waals surface area (Å²) in [5, 5.41) is 11.0. The van der Waals surface area contributed by atoms with Gasteiger partial charge in [0.25, 0.3) is 0 Å². The van der Waals surface area contributed by atoms with Crippen molar-refractivity contribution in [3.63, 3.8) is 0 Å². The van der Waals surface area contributed by atoms with E-state index >= 15 is 0 Å². The van der Waals surface area contributed by atoms with Crippen LogP contribution in [-0.4, -0.2) is 109 Å². The molecule has 2 rings (SSSR count). The van der Waals surface area contributed by atoms with E-state index in [0.29, 0.717) is 25.7 Å². The van der Waals surface area contributed by atoms with Gasteiger partial charge < -0.3 is 40.5 Å². The zero-order chi connectivity index (χ0) is 33.6. The van der Waals surface area contributed by atoms with E-state index in [-0.39, 0.29) is 36.5 Å². The third kappa shape index (κ3) is 11.5. The van der Waals surface area contributed by atoms with E-state index in [1.807, 2.05) is 0 Å². The summed E-state index contributed by atoms with van der Waals surface area (Å²) in [6.45, 7) is 10.4. The van der Waals surface area contributed by atoms with Gasteiger partial charge in [0.05, 0.1) is 12.1 Å². The second kappa shape index (κ2) is 14.9. The standard InChI is InChI=1S/C30H52N6O8/c1-29(2,3)43-27(41)33-21-15-17(25(39)35(7)8)11-13-19(21)31-23(37)24(38)32-20-14-12-18(26(40)36(9)10)16-22(20)34-28(42)44-30(4,5)6/h17-22H,11-16H2,1-10H3,(H,31,37)(H,32,38)(H,33,41)(H,34,42)/t17-,18-,19-,20-,21+,22?/m0/s1. The van der Waals surface area contributed by atoms with Crippen LogP contribution in [0.1, 0.15) is 80.1 Å². The zero-order valence-electron chi connectivity index (χ0n) is 27.9. The van der Waals surface area contributed by atoms with Gasteiger partial charge in [-0.2, -0.15) is 0 Å². The van der Waals surface area contributed by atoms with Crippen LogP contribution in [0.25, 0.3) is 0 Å². The molecule has 0 aromatic heterocycles. The molecule has 0 aliphatic heterocycles. The maximum atomic E-state index is 13.1. The van der Waals surface area contributed by atoms with E-state index in [9.17, 15) is 28.8 Å². The van der Waals surface area contributed by atoms with Crippen molar-refractivity contribution < 1.29 is 38.2 Å². The molecule has 0 saturated heterocycles. The fourth-order valence-electron chi connectivity index (χ4n) is 5.57. The minimum absolute atomic E-state index is 0.0876. The number of nitrogens with one attached hydrogen (secondary N) is 4. The van der Waals surface area contributed by atoms with Crippen LogP contribution in [0.4, 0.5) is 9.59 Å². The smallest absolute Gasteiger partial charge is 0.407 e.